The third-order valence-electron chi connectivity index (χ3n) is 2.08. The summed E-state index contributed by atoms with van der Waals surface area (Å²) in [7, 11) is 0. The highest BCUT2D eigenvalue weighted by Gasteiger charge is 2.17. The highest BCUT2D eigenvalue weighted by atomic mass is 79.9. The summed E-state index contributed by atoms with van der Waals surface area (Å²) in [5.74, 6) is -0.724. The van der Waals surface area contributed by atoms with Gasteiger partial charge in [-0.1, -0.05) is 0 Å². The topological polar surface area (TPSA) is 56.2 Å². The molecule has 0 bridgehead atoms. The zero-order valence-electron chi connectivity index (χ0n) is 8.04. The maximum Gasteiger partial charge on any atom is 0.229 e. The lowest BCUT2D eigenvalue weighted by molar-refractivity contribution is 0.101. The predicted molar refractivity (Wildman–Crippen MR) is 60.7 cm³/mol. The molecule has 16 heavy (non-hydrogen) atoms. The van der Waals surface area contributed by atoms with Crippen molar-refractivity contribution < 1.29 is 13.6 Å². The lowest BCUT2D eigenvalue weighted by atomic mass is 10.1. The molecule has 0 unspecified atom stereocenters. The van der Waals surface area contributed by atoms with Gasteiger partial charge in [0.2, 0.25) is 5.78 Å². The standard InChI is InChI=1S/C11H7BrFNO2/c12-7-5-8(13)9(14)4-6(7)11(15)10-2-1-3-16-10/h1-5H,14H2. The van der Waals surface area contributed by atoms with Crippen LogP contribution in [0.3, 0.4) is 0 Å². The lowest BCUT2D eigenvalue weighted by Crippen LogP contribution is -2.03. The summed E-state index contributed by atoms with van der Waals surface area (Å²) in [6.07, 6.45) is 1.40. The fraction of sp³-hybridized carbons (Fsp3) is 0. The number of furan rings is 1. The number of nitrogens with two attached hydrogens (primary N) is 1. The maximum atomic E-state index is 13.1. The largest absolute Gasteiger partial charge is 0.461 e. The molecule has 1 heterocycles. The molecule has 0 saturated heterocycles. The van der Waals surface area contributed by atoms with Crippen LogP contribution >= 0.6 is 15.9 Å². The van der Waals surface area contributed by atoms with Crippen molar-refractivity contribution >= 4 is 27.4 Å². The molecule has 0 radical (unpaired) electrons. The molecule has 1 aromatic carbocycles. The molecule has 0 spiro atoms. The van der Waals surface area contributed by atoms with E-state index in [1.807, 2.05) is 0 Å². The molecule has 0 aliphatic carbocycles. The van der Waals surface area contributed by atoms with E-state index in [0.717, 1.165) is 6.07 Å². The Bertz CT molecular complexity index is 537. The average Bonchev–Trinajstić information content (AvgIpc) is 2.75. The van der Waals surface area contributed by atoms with Crippen LogP contribution in [-0.2, 0) is 0 Å². The Kier molecular flexibility index (Phi) is 2.78. The van der Waals surface area contributed by atoms with E-state index >= 15 is 0 Å². The van der Waals surface area contributed by atoms with E-state index < -0.39 is 5.82 Å². The van der Waals surface area contributed by atoms with E-state index in [9.17, 15) is 9.18 Å². The number of hydrogen-bond acceptors (Lipinski definition) is 3. The monoisotopic (exact) mass is 283 g/mol. The predicted octanol–water partition coefficient (Wildman–Crippen LogP) is 2.99. The van der Waals surface area contributed by atoms with Gasteiger partial charge in [-0.2, -0.15) is 0 Å². The minimum Gasteiger partial charge on any atom is -0.461 e. The minimum absolute atomic E-state index is 0.0712. The number of nitrogen functional groups attached to an aromatic ring is 1. The first-order valence-electron chi connectivity index (χ1n) is 4.42. The molecule has 2 aromatic rings. The highest BCUT2D eigenvalue weighted by Crippen LogP contribution is 2.25. The van der Waals surface area contributed by atoms with Crippen LogP contribution < -0.4 is 5.73 Å². The van der Waals surface area contributed by atoms with Gasteiger partial charge >= 0.3 is 0 Å². The minimum atomic E-state index is -0.567. The van der Waals surface area contributed by atoms with Gasteiger partial charge in [0.05, 0.1) is 12.0 Å². The van der Waals surface area contributed by atoms with Crippen molar-refractivity contribution in [3.8, 4) is 0 Å². The van der Waals surface area contributed by atoms with Gasteiger partial charge in [-0.3, -0.25) is 4.79 Å². The Hall–Kier alpha value is -1.62. The number of halogens is 2. The smallest absolute Gasteiger partial charge is 0.229 e. The summed E-state index contributed by atoms with van der Waals surface area (Å²) in [5, 5.41) is 0. The van der Waals surface area contributed by atoms with E-state index in [4.69, 9.17) is 10.2 Å². The fourth-order valence-electron chi connectivity index (χ4n) is 1.28. The second kappa shape index (κ2) is 4.09. The third-order valence-corrected chi connectivity index (χ3v) is 2.73. The number of anilines is 1. The van der Waals surface area contributed by atoms with Crippen molar-refractivity contribution in [2.24, 2.45) is 0 Å². The Morgan fingerprint density at radius 1 is 1.44 bits per heavy atom. The quantitative estimate of drug-likeness (QED) is 0.681. The molecule has 0 aliphatic rings. The molecule has 2 N–H and O–H groups in total. The van der Waals surface area contributed by atoms with E-state index in [-0.39, 0.29) is 22.8 Å². The van der Waals surface area contributed by atoms with E-state index in [0.29, 0.717) is 4.47 Å². The first kappa shape index (κ1) is 10.9. The van der Waals surface area contributed by atoms with E-state index in [1.165, 1.54) is 18.4 Å². The van der Waals surface area contributed by atoms with Crippen molar-refractivity contribution in [2.75, 3.05) is 5.73 Å². The number of carbonyl (C=O) groups is 1. The molecule has 2 rings (SSSR count). The fourth-order valence-corrected chi connectivity index (χ4v) is 1.78. The first-order chi connectivity index (χ1) is 7.59. The summed E-state index contributed by atoms with van der Waals surface area (Å²) in [4.78, 5) is 11.9. The molecule has 82 valence electrons. The normalized spacial score (nSPS) is 10.4. The van der Waals surface area contributed by atoms with Crippen LogP contribution in [0.5, 0.6) is 0 Å². The van der Waals surface area contributed by atoms with Gasteiger partial charge < -0.3 is 10.2 Å². The van der Waals surface area contributed by atoms with Crippen molar-refractivity contribution in [1.29, 1.82) is 0 Å². The number of rotatable bonds is 2. The molecule has 0 saturated carbocycles. The molecule has 0 atom stereocenters. The first-order valence-corrected chi connectivity index (χ1v) is 5.21. The second-order valence-corrected chi connectivity index (χ2v) is 4.01. The van der Waals surface area contributed by atoms with Gasteiger partial charge in [0.1, 0.15) is 5.82 Å². The van der Waals surface area contributed by atoms with E-state index in [2.05, 4.69) is 15.9 Å². The maximum absolute atomic E-state index is 13.1. The van der Waals surface area contributed by atoms with Crippen LogP contribution in [0.25, 0.3) is 0 Å². The summed E-state index contributed by atoms with van der Waals surface area (Å²) < 4.78 is 18.4. The van der Waals surface area contributed by atoms with Gasteiger partial charge in [-0.15, -0.1) is 0 Å². The van der Waals surface area contributed by atoms with Crippen LogP contribution in [0.2, 0.25) is 0 Å². The molecule has 0 aliphatic heterocycles. The van der Waals surface area contributed by atoms with E-state index in [1.54, 1.807) is 6.07 Å². The number of benzene rings is 1. The zero-order valence-corrected chi connectivity index (χ0v) is 9.62. The molecule has 1 aromatic heterocycles. The van der Waals surface area contributed by atoms with Gasteiger partial charge in [-0.25, -0.2) is 4.39 Å². The Morgan fingerprint density at radius 2 is 2.19 bits per heavy atom. The van der Waals surface area contributed by atoms with Crippen LogP contribution in [0.4, 0.5) is 10.1 Å². The number of ketones is 1. The van der Waals surface area contributed by atoms with Crippen LogP contribution in [0.1, 0.15) is 16.1 Å². The molecule has 3 nitrogen and oxygen atoms in total. The van der Waals surface area contributed by atoms with Crippen LogP contribution in [0, 0.1) is 5.82 Å². The Balaban J connectivity index is 2.49. The SMILES string of the molecule is Nc1cc(C(=O)c2ccco2)c(Br)cc1F. The van der Waals surface area contributed by atoms with Gasteiger partial charge in [-0.05, 0) is 40.2 Å². The molecular weight excluding hydrogens is 277 g/mol. The highest BCUT2D eigenvalue weighted by molar-refractivity contribution is 9.10. The van der Waals surface area contributed by atoms with Crippen molar-refractivity contribution in [2.45, 2.75) is 0 Å². The third kappa shape index (κ3) is 1.86. The summed E-state index contributed by atoms with van der Waals surface area (Å²) in [5.41, 5.74) is 5.60. The molecular formula is C11H7BrFNO2. The number of carbonyl (C=O) groups excluding carboxylic acids is 1. The summed E-state index contributed by atoms with van der Waals surface area (Å²) in [6, 6.07) is 5.58. The lowest BCUT2D eigenvalue weighted by Gasteiger charge is -2.04. The zero-order chi connectivity index (χ0) is 11.7. The van der Waals surface area contributed by atoms with Gasteiger partial charge in [0.25, 0.3) is 0 Å². The average molecular weight is 284 g/mol. The number of hydrogen-bond donors (Lipinski definition) is 1. The molecule has 0 amide bonds. The molecule has 0 fully saturated rings. The van der Waals surface area contributed by atoms with Crippen molar-refractivity contribution in [1.82, 2.24) is 0 Å². The Labute approximate surface area is 99.2 Å². The summed E-state index contributed by atoms with van der Waals surface area (Å²) >= 11 is 3.11. The van der Waals surface area contributed by atoms with Crippen LogP contribution in [-0.4, -0.2) is 5.78 Å². The van der Waals surface area contributed by atoms with Crippen LogP contribution in [0.15, 0.2) is 39.4 Å². The summed E-state index contributed by atoms with van der Waals surface area (Å²) in [6.45, 7) is 0. The molecule has 5 heteroatoms. The second-order valence-electron chi connectivity index (χ2n) is 3.16. The van der Waals surface area contributed by atoms with Crippen molar-refractivity contribution in [3.63, 3.8) is 0 Å². The van der Waals surface area contributed by atoms with Gasteiger partial charge in [0, 0.05) is 10.0 Å². The van der Waals surface area contributed by atoms with Gasteiger partial charge in [0.15, 0.2) is 5.76 Å². The van der Waals surface area contributed by atoms with Crippen molar-refractivity contribution in [3.05, 3.63) is 52.1 Å². The Morgan fingerprint density at radius 3 is 2.81 bits per heavy atom.